The number of Topliss-reactive ketones (excluding diaryl/α,β-unsaturated/α-hetero) is 2. The number of unbranched alkanes of at least 4 members (excludes halogenated alkanes) is 3. The van der Waals surface area contributed by atoms with E-state index in [2.05, 4.69) is 6.92 Å². The number of ketones is 2. The fourth-order valence-electron chi connectivity index (χ4n) is 2.39. The van der Waals surface area contributed by atoms with Crippen molar-refractivity contribution in [1.82, 2.24) is 0 Å². The molecule has 2 aromatic carbocycles. The topological polar surface area (TPSA) is 43.4 Å². The lowest BCUT2D eigenvalue weighted by atomic mass is 10.0. The van der Waals surface area contributed by atoms with E-state index in [1.54, 1.807) is 36.4 Å². The van der Waals surface area contributed by atoms with Crippen molar-refractivity contribution >= 4 is 11.6 Å². The zero-order valence-electron chi connectivity index (χ0n) is 14.4. The highest BCUT2D eigenvalue weighted by Gasteiger charge is 2.18. The summed E-state index contributed by atoms with van der Waals surface area (Å²) in [4.78, 5) is 24.5. The van der Waals surface area contributed by atoms with E-state index in [1.165, 1.54) is 12.8 Å². The molecule has 0 aromatic heterocycles. The molecule has 2 rings (SSSR count). The Labute approximate surface area is 143 Å². The van der Waals surface area contributed by atoms with Gasteiger partial charge < -0.3 is 4.74 Å². The second kappa shape index (κ2) is 9.02. The highest BCUT2D eigenvalue weighted by molar-refractivity contribution is 6.49. The van der Waals surface area contributed by atoms with Crippen molar-refractivity contribution in [3.05, 3.63) is 65.2 Å². The number of rotatable bonds is 9. The molecule has 3 heteroatoms. The van der Waals surface area contributed by atoms with Gasteiger partial charge in [0.25, 0.3) is 0 Å². The first-order valence-electron chi connectivity index (χ1n) is 8.50. The van der Waals surface area contributed by atoms with E-state index in [0.717, 1.165) is 24.2 Å². The van der Waals surface area contributed by atoms with Crippen LogP contribution in [0.1, 0.15) is 58.9 Å². The minimum absolute atomic E-state index is 0.388. The van der Waals surface area contributed by atoms with E-state index in [9.17, 15) is 9.59 Å². The Bertz CT molecular complexity index is 669. The Kier molecular flexibility index (Phi) is 6.74. The van der Waals surface area contributed by atoms with Crippen LogP contribution in [0.25, 0.3) is 0 Å². The molecular weight excluding hydrogens is 300 g/mol. The van der Waals surface area contributed by atoms with Crippen LogP contribution in [0.4, 0.5) is 0 Å². The monoisotopic (exact) mass is 324 g/mol. The van der Waals surface area contributed by atoms with E-state index in [1.807, 2.05) is 19.1 Å². The first kappa shape index (κ1) is 17.9. The van der Waals surface area contributed by atoms with Gasteiger partial charge in [0.05, 0.1) is 6.61 Å². The summed E-state index contributed by atoms with van der Waals surface area (Å²) >= 11 is 0. The van der Waals surface area contributed by atoms with Crippen LogP contribution in [0.5, 0.6) is 5.75 Å². The van der Waals surface area contributed by atoms with Crippen molar-refractivity contribution < 1.29 is 14.3 Å². The van der Waals surface area contributed by atoms with Crippen LogP contribution >= 0.6 is 0 Å². The third-order valence-electron chi connectivity index (χ3n) is 3.90. The molecule has 2 aromatic rings. The average Bonchev–Trinajstić information content (AvgIpc) is 2.61. The predicted octanol–water partition coefficient (Wildman–Crippen LogP) is 5.02. The molecule has 0 bridgehead atoms. The molecule has 0 fully saturated rings. The maximum atomic E-state index is 12.3. The number of hydrogen-bond donors (Lipinski definition) is 0. The first-order chi connectivity index (χ1) is 11.6. The minimum Gasteiger partial charge on any atom is -0.494 e. The van der Waals surface area contributed by atoms with Gasteiger partial charge in [0.1, 0.15) is 5.75 Å². The standard InChI is InChI=1S/C21H24O3/c1-3-4-5-6-15-24-19-13-11-18(12-14-19)21(23)20(22)17-9-7-16(2)8-10-17/h7-14H,3-6,15H2,1-2H3. The van der Waals surface area contributed by atoms with Crippen molar-refractivity contribution in [2.24, 2.45) is 0 Å². The number of carbonyl (C=O) groups is 2. The van der Waals surface area contributed by atoms with Gasteiger partial charge in [-0.2, -0.15) is 0 Å². The molecule has 0 atom stereocenters. The summed E-state index contributed by atoms with van der Waals surface area (Å²) in [6.45, 7) is 4.79. The Hall–Kier alpha value is -2.42. The number of carbonyl (C=O) groups excluding carboxylic acids is 2. The lowest BCUT2D eigenvalue weighted by molar-refractivity contribution is 0.0817. The number of ether oxygens (including phenoxy) is 1. The molecule has 0 aliphatic heterocycles. The maximum Gasteiger partial charge on any atom is 0.233 e. The van der Waals surface area contributed by atoms with E-state index in [0.29, 0.717) is 17.7 Å². The molecule has 24 heavy (non-hydrogen) atoms. The van der Waals surface area contributed by atoms with Crippen LogP contribution < -0.4 is 4.74 Å². The molecule has 0 aliphatic carbocycles. The second-order valence-corrected chi connectivity index (χ2v) is 5.96. The molecule has 0 heterocycles. The van der Waals surface area contributed by atoms with Gasteiger partial charge in [0, 0.05) is 11.1 Å². The Morgan fingerprint density at radius 1 is 0.792 bits per heavy atom. The maximum absolute atomic E-state index is 12.3. The smallest absolute Gasteiger partial charge is 0.233 e. The van der Waals surface area contributed by atoms with Crippen molar-refractivity contribution in [3.8, 4) is 5.75 Å². The lowest BCUT2D eigenvalue weighted by Gasteiger charge is -2.07. The van der Waals surface area contributed by atoms with Crippen LogP contribution in [0.15, 0.2) is 48.5 Å². The summed E-state index contributed by atoms with van der Waals surface area (Å²) < 4.78 is 5.65. The molecule has 0 saturated heterocycles. The SMILES string of the molecule is CCCCCCOc1ccc(C(=O)C(=O)c2ccc(C)cc2)cc1. The van der Waals surface area contributed by atoms with Crippen molar-refractivity contribution in [2.75, 3.05) is 6.61 Å². The highest BCUT2D eigenvalue weighted by Crippen LogP contribution is 2.15. The molecule has 0 aliphatic rings. The number of hydrogen-bond acceptors (Lipinski definition) is 3. The molecule has 0 unspecified atom stereocenters. The van der Waals surface area contributed by atoms with E-state index in [4.69, 9.17) is 4.74 Å². The third-order valence-corrected chi connectivity index (χ3v) is 3.90. The summed E-state index contributed by atoms with van der Waals surface area (Å²) in [5.74, 6) is -0.248. The normalized spacial score (nSPS) is 10.4. The Morgan fingerprint density at radius 2 is 1.33 bits per heavy atom. The summed E-state index contributed by atoms with van der Waals surface area (Å²) in [6.07, 6.45) is 4.61. The molecule has 0 amide bonds. The molecular formula is C21H24O3. The van der Waals surface area contributed by atoms with Gasteiger partial charge in [-0.1, -0.05) is 56.0 Å². The van der Waals surface area contributed by atoms with E-state index in [-0.39, 0.29) is 0 Å². The Balaban J connectivity index is 1.93. The van der Waals surface area contributed by atoms with Gasteiger partial charge in [-0.05, 0) is 37.6 Å². The van der Waals surface area contributed by atoms with Crippen molar-refractivity contribution in [1.29, 1.82) is 0 Å². The largest absolute Gasteiger partial charge is 0.494 e. The second-order valence-electron chi connectivity index (χ2n) is 5.96. The summed E-state index contributed by atoms with van der Waals surface area (Å²) in [6, 6.07) is 13.8. The quantitative estimate of drug-likeness (QED) is 0.369. The van der Waals surface area contributed by atoms with Crippen LogP contribution in [0, 0.1) is 6.92 Å². The van der Waals surface area contributed by atoms with Gasteiger partial charge in [-0.15, -0.1) is 0 Å². The summed E-state index contributed by atoms with van der Waals surface area (Å²) in [5, 5.41) is 0. The number of aryl methyl sites for hydroxylation is 1. The molecule has 0 saturated carbocycles. The van der Waals surface area contributed by atoms with Crippen LogP contribution in [-0.4, -0.2) is 18.2 Å². The average molecular weight is 324 g/mol. The molecule has 0 radical (unpaired) electrons. The molecule has 3 nitrogen and oxygen atoms in total. The molecule has 0 spiro atoms. The van der Waals surface area contributed by atoms with Crippen molar-refractivity contribution in [2.45, 2.75) is 39.5 Å². The van der Waals surface area contributed by atoms with Crippen LogP contribution in [-0.2, 0) is 0 Å². The van der Waals surface area contributed by atoms with Gasteiger partial charge in [0.2, 0.25) is 11.6 Å². The molecule has 0 N–H and O–H groups in total. The third kappa shape index (κ3) is 5.05. The van der Waals surface area contributed by atoms with Gasteiger partial charge in [0.15, 0.2) is 0 Å². The summed E-state index contributed by atoms with van der Waals surface area (Å²) in [7, 11) is 0. The van der Waals surface area contributed by atoms with Gasteiger partial charge in [-0.3, -0.25) is 9.59 Å². The van der Waals surface area contributed by atoms with Crippen LogP contribution in [0.3, 0.4) is 0 Å². The highest BCUT2D eigenvalue weighted by atomic mass is 16.5. The van der Waals surface area contributed by atoms with E-state index < -0.39 is 11.6 Å². The van der Waals surface area contributed by atoms with E-state index >= 15 is 0 Å². The summed E-state index contributed by atoms with van der Waals surface area (Å²) in [5.41, 5.74) is 1.86. The van der Waals surface area contributed by atoms with Crippen molar-refractivity contribution in [3.63, 3.8) is 0 Å². The zero-order valence-corrected chi connectivity index (χ0v) is 14.4. The van der Waals surface area contributed by atoms with Crippen LogP contribution in [0.2, 0.25) is 0 Å². The van der Waals surface area contributed by atoms with Gasteiger partial charge in [-0.25, -0.2) is 0 Å². The fourth-order valence-corrected chi connectivity index (χ4v) is 2.39. The fraction of sp³-hybridized carbons (Fsp3) is 0.333. The minimum atomic E-state index is -0.492. The lowest BCUT2D eigenvalue weighted by Crippen LogP contribution is -2.14. The zero-order chi connectivity index (χ0) is 17.4. The number of benzene rings is 2. The Morgan fingerprint density at radius 3 is 1.88 bits per heavy atom. The molecule has 126 valence electrons. The first-order valence-corrected chi connectivity index (χ1v) is 8.50. The predicted molar refractivity (Wildman–Crippen MR) is 95.9 cm³/mol. The van der Waals surface area contributed by atoms with Gasteiger partial charge >= 0.3 is 0 Å².